The highest BCUT2D eigenvalue weighted by molar-refractivity contribution is 5.71. The fourth-order valence-corrected chi connectivity index (χ4v) is 2.07. The lowest BCUT2D eigenvalue weighted by atomic mass is 10.0. The number of hydrogen-bond acceptors (Lipinski definition) is 2. The number of ether oxygens (including phenoxy) is 1. The van der Waals surface area contributed by atoms with Crippen LogP contribution in [0.4, 0.5) is 0 Å². The average molecular weight is 240 g/mol. The molecule has 0 atom stereocenters. The van der Waals surface area contributed by atoms with Crippen LogP contribution in [0.5, 0.6) is 5.75 Å². The fraction of sp³-hybridized carbons (Fsp3) is 0.188. The average Bonchev–Trinajstić information content (AvgIpc) is 2.62. The molecule has 2 heteroatoms. The van der Waals surface area contributed by atoms with Crippen LogP contribution in [0.15, 0.2) is 53.3 Å². The Labute approximate surface area is 107 Å². The molecule has 0 aromatic heterocycles. The van der Waals surface area contributed by atoms with Gasteiger partial charge in [0.05, 0.1) is 7.11 Å². The molecule has 0 amide bonds. The molecular weight excluding hydrogens is 224 g/mol. The van der Waals surface area contributed by atoms with Crippen molar-refractivity contribution in [1.29, 1.82) is 0 Å². The third kappa shape index (κ3) is 2.28. The van der Waals surface area contributed by atoms with Gasteiger partial charge in [0.25, 0.3) is 0 Å². The van der Waals surface area contributed by atoms with E-state index < -0.39 is 0 Å². The molecule has 0 saturated carbocycles. The van der Waals surface area contributed by atoms with Crippen LogP contribution in [0.25, 0.3) is 11.1 Å². The van der Waals surface area contributed by atoms with Gasteiger partial charge in [-0.05, 0) is 18.1 Å². The van der Waals surface area contributed by atoms with E-state index in [1.807, 2.05) is 36.4 Å². The number of para-hydroxylation sites is 1. The summed E-state index contributed by atoms with van der Waals surface area (Å²) >= 11 is 0. The van der Waals surface area contributed by atoms with Crippen LogP contribution in [0, 0.1) is 0 Å². The minimum Gasteiger partial charge on any atom is -0.496 e. The van der Waals surface area contributed by atoms with E-state index in [1.165, 1.54) is 0 Å². The first-order valence-corrected chi connectivity index (χ1v) is 6.03. The second-order valence-corrected chi connectivity index (χ2v) is 4.04. The maximum absolute atomic E-state index is 12.0. The highest BCUT2D eigenvalue weighted by atomic mass is 16.5. The first kappa shape index (κ1) is 12.4. The smallest absolute Gasteiger partial charge is 0.186 e. The number of benzene rings is 1. The zero-order valence-corrected chi connectivity index (χ0v) is 10.6. The van der Waals surface area contributed by atoms with Crippen LogP contribution in [0.2, 0.25) is 0 Å². The minimum absolute atomic E-state index is 0.00607. The lowest BCUT2D eigenvalue weighted by Gasteiger charge is -2.11. The van der Waals surface area contributed by atoms with Gasteiger partial charge < -0.3 is 4.74 Å². The predicted molar refractivity (Wildman–Crippen MR) is 74.1 cm³/mol. The highest BCUT2D eigenvalue weighted by Crippen LogP contribution is 2.31. The Balaban J connectivity index is 2.72. The Kier molecular flexibility index (Phi) is 3.78. The first-order chi connectivity index (χ1) is 8.77. The molecule has 0 bridgehead atoms. The van der Waals surface area contributed by atoms with Crippen LogP contribution in [0.1, 0.15) is 12.5 Å². The molecule has 2 nitrogen and oxygen atoms in total. The van der Waals surface area contributed by atoms with E-state index in [0.717, 1.165) is 23.3 Å². The summed E-state index contributed by atoms with van der Waals surface area (Å²) in [5, 5.41) is 0. The summed E-state index contributed by atoms with van der Waals surface area (Å²) in [6.07, 6.45) is 0.879. The summed E-state index contributed by atoms with van der Waals surface area (Å²) < 4.78 is 5.47. The zero-order valence-electron chi connectivity index (χ0n) is 10.6. The van der Waals surface area contributed by atoms with Crippen molar-refractivity contribution in [3.8, 4) is 16.9 Å². The van der Waals surface area contributed by atoms with E-state index in [4.69, 9.17) is 4.74 Å². The molecule has 92 valence electrons. The Morgan fingerprint density at radius 1 is 0.944 bits per heavy atom. The molecule has 0 aliphatic heterocycles. The van der Waals surface area contributed by atoms with Gasteiger partial charge in [-0.1, -0.05) is 49.4 Å². The van der Waals surface area contributed by atoms with Gasteiger partial charge in [-0.25, -0.2) is 0 Å². The molecular formula is C16H16O2. The molecule has 0 saturated heterocycles. The van der Waals surface area contributed by atoms with E-state index in [1.54, 1.807) is 19.2 Å². The second kappa shape index (κ2) is 5.50. The third-order valence-corrected chi connectivity index (χ3v) is 2.97. The SMILES string of the molecule is CCc1cccc(-c2cccccc2=O)c1OC. The second-order valence-electron chi connectivity index (χ2n) is 4.04. The predicted octanol–water partition coefficient (Wildman–Crippen LogP) is 3.28. The van der Waals surface area contributed by atoms with Gasteiger partial charge in [0.1, 0.15) is 5.75 Å². The summed E-state index contributed by atoms with van der Waals surface area (Å²) in [4.78, 5) is 12.0. The van der Waals surface area contributed by atoms with Gasteiger partial charge in [-0.2, -0.15) is 0 Å². The van der Waals surface area contributed by atoms with Crippen LogP contribution >= 0.6 is 0 Å². The summed E-state index contributed by atoms with van der Waals surface area (Å²) in [6, 6.07) is 14.8. The van der Waals surface area contributed by atoms with Gasteiger partial charge in [-0.3, -0.25) is 4.79 Å². The monoisotopic (exact) mass is 240 g/mol. The Morgan fingerprint density at radius 2 is 1.67 bits per heavy atom. The lowest BCUT2D eigenvalue weighted by molar-refractivity contribution is 0.412. The van der Waals surface area contributed by atoms with E-state index >= 15 is 0 Å². The van der Waals surface area contributed by atoms with E-state index in [0.29, 0.717) is 5.56 Å². The number of hydrogen-bond donors (Lipinski definition) is 0. The molecule has 0 spiro atoms. The summed E-state index contributed by atoms with van der Waals surface area (Å²) in [5.41, 5.74) is 2.65. The number of rotatable bonds is 3. The standard InChI is InChI=1S/C16H16O2/c1-3-12-8-7-10-14(16(12)18-2)13-9-5-4-6-11-15(13)17/h4-11H,3H2,1-2H3. The molecule has 0 aliphatic carbocycles. The van der Waals surface area contributed by atoms with Crippen molar-refractivity contribution in [1.82, 2.24) is 0 Å². The van der Waals surface area contributed by atoms with Crippen molar-refractivity contribution in [2.75, 3.05) is 7.11 Å². The summed E-state index contributed by atoms with van der Waals surface area (Å²) in [6.45, 7) is 2.07. The Hall–Kier alpha value is -2.09. The molecule has 2 rings (SSSR count). The quantitative estimate of drug-likeness (QED) is 0.823. The van der Waals surface area contributed by atoms with E-state index in [-0.39, 0.29) is 5.43 Å². The van der Waals surface area contributed by atoms with E-state index in [2.05, 4.69) is 6.92 Å². The third-order valence-electron chi connectivity index (χ3n) is 2.97. The molecule has 0 radical (unpaired) electrons. The molecule has 0 N–H and O–H groups in total. The maximum atomic E-state index is 12.0. The van der Waals surface area contributed by atoms with Crippen molar-refractivity contribution in [3.63, 3.8) is 0 Å². The topological polar surface area (TPSA) is 26.3 Å². The summed E-state index contributed by atoms with van der Waals surface area (Å²) in [5.74, 6) is 0.795. The van der Waals surface area contributed by atoms with Crippen molar-refractivity contribution in [3.05, 3.63) is 64.3 Å². The van der Waals surface area contributed by atoms with Gasteiger partial charge in [0.15, 0.2) is 5.43 Å². The lowest BCUT2D eigenvalue weighted by Crippen LogP contribution is -2.02. The largest absolute Gasteiger partial charge is 0.496 e. The number of aryl methyl sites for hydroxylation is 1. The Morgan fingerprint density at radius 3 is 2.39 bits per heavy atom. The van der Waals surface area contributed by atoms with Crippen LogP contribution in [-0.4, -0.2) is 7.11 Å². The minimum atomic E-state index is 0.00607. The highest BCUT2D eigenvalue weighted by Gasteiger charge is 2.10. The van der Waals surface area contributed by atoms with E-state index in [9.17, 15) is 4.79 Å². The van der Waals surface area contributed by atoms with Crippen molar-refractivity contribution in [2.45, 2.75) is 13.3 Å². The molecule has 18 heavy (non-hydrogen) atoms. The van der Waals surface area contributed by atoms with Gasteiger partial charge in [-0.15, -0.1) is 0 Å². The van der Waals surface area contributed by atoms with Gasteiger partial charge in [0, 0.05) is 11.1 Å². The molecule has 2 aromatic rings. The van der Waals surface area contributed by atoms with Crippen molar-refractivity contribution >= 4 is 0 Å². The first-order valence-electron chi connectivity index (χ1n) is 6.03. The van der Waals surface area contributed by atoms with Crippen molar-refractivity contribution < 1.29 is 4.74 Å². The molecule has 0 heterocycles. The zero-order chi connectivity index (χ0) is 13.0. The molecule has 0 aliphatic rings. The number of methoxy groups -OCH3 is 1. The summed E-state index contributed by atoms with van der Waals surface area (Å²) in [7, 11) is 1.64. The maximum Gasteiger partial charge on any atom is 0.186 e. The molecule has 0 unspecified atom stereocenters. The van der Waals surface area contributed by atoms with Crippen molar-refractivity contribution in [2.24, 2.45) is 0 Å². The Bertz CT molecular complexity index is 603. The van der Waals surface area contributed by atoms with Crippen LogP contribution < -0.4 is 10.2 Å². The van der Waals surface area contributed by atoms with Gasteiger partial charge in [0.2, 0.25) is 0 Å². The molecule has 0 fully saturated rings. The normalized spacial score (nSPS) is 10.1. The van der Waals surface area contributed by atoms with Crippen LogP contribution in [-0.2, 0) is 6.42 Å². The van der Waals surface area contributed by atoms with Crippen LogP contribution in [0.3, 0.4) is 0 Å². The van der Waals surface area contributed by atoms with Gasteiger partial charge >= 0.3 is 0 Å². The molecule has 2 aromatic carbocycles. The fourth-order valence-electron chi connectivity index (χ4n) is 2.07.